The Balaban J connectivity index is 4.09. The van der Waals surface area contributed by atoms with Crippen LogP contribution < -0.4 is 10.6 Å². The van der Waals surface area contributed by atoms with E-state index in [1.807, 2.05) is 0 Å². The summed E-state index contributed by atoms with van der Waals surface area (Å²) >= 11 is 0.696. The van der Waals surface area contributed by atoms with Gasteiger partial charge in [0, 0.05) is 36.3 Å². The summed E-state index contributed by atoms with van der Waals surface area (Å²) in [4.78, 5) is 31.5. The quantitative estimate of drug-likeness (QED) is 0.474. The SMILES string of the molecule is CNC(=O)[C@H](CSN=O)NC(C)=O. The molecule has 74 valence electrons. The molecule has 0 aromatic rings. The molecule has 0 saturated heterocycles. The van der Waals surface area contributed by atoms with E-state index in [1.54, 1.807) is 0 Å². The van der Waals surface area contributed by atoms with Crippen molar-refractivity contribution in [3.8, 4) is 0 Å². The van der Waals surface area contributed by atoms with Gasteiger partial charge in [-0.25, -0.2) is 0 Å². The summed E-state index contributed by atoms with van der Waals surface area (Å²) in [6, 6.07) is -0.704. The maximum atomic E-state index is 11.1. The maximum absolute atomic E-state index is 11.1. The molecule has 0 fully saturated rings. The second kappa shape index (κ2) is 6.41. The lowest BCUT2D eigenvalue weighted by molar-refractivity contribution is -0.127. The number of likely N-dealkylation sites (N-methyl/N-ethyl adjacent to an activating group) is 1. The summed E-state index contributed by atoms with van der Waals surface area (Å²) in [5.41, 5.74) is 0. The van der Waals surface area contributed by atoms with Crippen LogP contribution in [0.1, 0.15) is 6.92 Å². The van der Waals surface area contributed by atoms with Crippen molar-refractivity contribution in [2.75, 3.05) is 12.8 Å². The van der Waals surface area contributed by atoms with Crippen LogP contribution in [0, 0.1) is 4.91 Å². The van der Waals surface area contributed by atoms with E-state index in [2.05, 4.69) is 15.2 Å². The fourth-order valence-corrected chi connectivity index (χ4v) is 1.15. The Labute approximate surface area is 79.9 Å². The van der Waals surface area contributed by atoms with Gasteiger partial charge in [0.25, 0.3) is 0 Å². The molecule has 7 heteroatoms. The van der Waals surface area contributed by atoms with Crippen molar-refractivity contribution in [3.63, 3.8) is 0 Å². The van der Waals surface area contributed by atoms with E-state index >= 15 is 0 Å². The minimum absolute atomic E-state index is 0.142. The average Bonchev–Trinajstić information content (AvgIpc) is 2.10. The predicted molar refractivity (Wildman–Crippen MR) is 49.9 cm³/mol. The monoisotopic (exact) mass is 205 g/mol. The Kier molecular flexibility index (Phi) is 5.86. The predicted octanol–water partition coefficient (Wildman–Crippen LogP) is -0.348. The van der Waals surface area contributed by atoms with Crippen LogP contribution in [0.15, 0.2) is 4.58 Å². The summed E-state index contributed by atoms with van der Waals surface area (Å²) in [7, 11) is 1.45. The molecule has 0 saturated carbocycles. The molecule has 0 aromatic carbocycles. The Morgan fingerprint density at radius 2 is 2.15 bits per heavy atom. The zero-order valence-corrected chi connectivity index (χ0v) is 8.18. The second-order valence-electron chi connectivity index (χ2n) is 2.24. The number of hydrogen-bond acceptors (Lipinski definition) is 5. The van der Waals surface area contributed by atoms with Gasteiger partial charge in [-0.05, 0) is 0 Å². The van der Waals surface area contributed by atoms with Gasteiger partial charge in [-0.2, -0.15) is 0 Å². The highest BCUT2D eigenvalue weighted by molar-refractivity contribution is 7.97. The van der Waals surface area contributed by atoms with Crippen molar-refractivity contribution in [2.24, 2.45) is 4.58 Å². The van der Waals surface area contributed by atoms with Gasteiger partial charge in [0.1, 0.15) is 6.04 Å². The van der Waals surface area contributed by atoms with Crippen LogP contribution in [0.2, 0.25) is 0 Å². The first-order valence-corrected chi connectivity index (χ1v) is 4.49. The number of carbonyl (C=O) groups is 2. The minimum Gasteiger partial charge on any atom is -0.357 e. The lowest BCUT2D eigenvalue weighted by Crippen LogP contribution is -2.46. The first-order chi connectivity index (χ1) is 6.11. The Morgan fingerprint density at radius 1 is 1.54 bits per heavy atom. The van der Waals surface area contributed by atoms with E-state index in [-0.39, 0.29) is 17.6 Å². The lowest BCUT2D eigenvalue weighted by Gasteiger charge is -2.13. The fraction of sp³-hybridized carbons (Fsp3) is 0.667. The van der Waals surface area contributed by atoms with Crippen LogP contribution >= 0.6 is 11.9 Å². The van der Waals surface area contributed by atoms with Crippen molar-refractivity contribution in [2.45, 2.75) is 13.0 Å². The van der Waals surface area contributed by atoms with E-state index in [9.17, 15) is 14.5 Å². The van der Waals surface area contributed by atoms with Crippen molar-refractivity contribution < 1.29 is 9.59 Å². The van der Waals surface area contributed by atoms with Gasteiger partial charge in [-0.3, -0.25) is 9.59 Å². The van der Waals surface area contributed by atoms with E-state index in [1.165, 1.54) is 14.0 Å². The van der Waals surface area contributed by atoms with Gasteiger partial charge in [-0.1, -0.05) is 0 Å². The van der Waals surface area contributed by atoms with Gasteiger partial charge in [0.15, 0.2) is 0 Å². The molecule has 0 rings (SSSR count). The van der Waals surface area contributed by atoms with Gasteiger partial charge < -0.3 is 10.6 Å². The molecule has 0 bridgehead atoms. The number of nitrogens with zero attached hydrogens (tertiary/aromatic N) is 1. The van der Waals surface area contributed by atoms with Crippen molar-refractivity contribution in [3.05, 3.63) is 4.91 Å². The summed E-state index contributed by atoms with van der Waals surface area (Å²) < 4.78 is 2.53. The number of nitrogens with one attached hydrogen (secondary N) is 2. The van der Waals surface area contributed by atoms with E-state index < -0.39 is 6.04 Å². The highest BCUT2D eigenvalue weighted by Gasteiger charge is 2.17. The molecule has 0 aliphatic rings. The highest BCUT2D eigenvalue weighted by atomic mass is 32.2. The Bertz CT molecular complexity index is 209. The number of rotatable bonds is 5. The van der Waals surface area contributed by atoms with Crippen molar-refractivity contribution in [1.29, 1.82) is 0 Å². The summed E-state index contributed by atoms with van der Waals surface area (Å²) in [6.07, 6.45) is 0. The van der Waals surface area contributed by atoms with Gasteiger partial charge in [0.2, 0.25) is 11.8 Å². The molecular formula is C6H11N3O3S. The Morgan fingerprint density at radius 3 is 2.54 bits per heavy atom. The van der Waals surface area contributed by atoms with Crippen LogP contribution in [-0.4, -0.2) is 30.7 Å². The molecule has 2 amide bonds. The summed E-state index contributed by atoms with van der Waals surface area (Å²) in [5.74, 6) is -0.519. The van der Waals surface area contributed by atoms with Crippen molar-refractivity contribution in [1.82, 2.24) is 10.6 Å². The molecule has 0 radical (unpaired) electrons. The van der Waals surface area contributed by atoms with Crippen LogP contribution in [0.4, 0.5) is 0 Å². The van der Waals surface area contributed by atoms with Crippen molar-refractivity contribution >= 4 is 23.8 Å². The number of hydrogen-bond donors (Lipinski definition) is 2. The smallest absolute Gasteiger partial charge is 0.243 e. The third kappa shape index (κ3) is 5.18. The van der Waals surface area contributed by atoms with E-state index in [0.29, 0.717) is 11.9 Å². The van der Waals surface area contributed by atoms with Crippen LogP contribution in [0.3, 0.4) is 0 Å². The zero-order valence-electron chi connectivity index (χ0n) is 7.36. The first kappa shape index (κ1) is 11.9. The molecule has 0 heterocycles. The largest absolute Gasteiger partial charge is 0.357 e. The molecule has 1 atom stereocenters. The normalized spacial score (nSPS) is 11.5. The van der Waals surface area contributed by atoms with Gasteiger partial charge >= 0.3 is 0 Å². The number of amides is 2. The number of nitroso groups, excluding NO2 is 1. The molecule has 6 nitrogen and oxygen atoms in total. The molecule has 0 aliphatic heterocycles. The Hall–Kier alpha value is -1.11. The highest BCUT2D eigenvalue weighted by Crippen LogP contribution is 2.03. The molecule has 0 spiro atoms. The fourth-order valence-electron chi connectivity index (χ4n) is 0.707. The molecule has 2 N–H and O–H groups in total. The minimum atomic E-state index is -0.704. The second-order valence-corrected chi connectivity index (χ2v) is 2.98. The summed E-state index contributed by atoms with van der Waals surface area (Å²) in [6.45, 7) is 1.30. The molecule has 0 aliphatic carbocycles. The number of carbonyl (C=O) groups excluding carboxylic acids is 2. The molecule has 0 unspecified atom stereocenters. The molecular weight excluding hydrogens is 194 g/mol. The lowest BCUT2D eigenvalue weighted by atomic mass is 10.3. The standard InChI is InChI=1S/C6H11N3O3S/c1-4(10)8-5(3-13-9-12)6(11)7-2/h5H,3H2,1-2H3,(H,7,11)(H,8,10)/t5-/m0/s1. The average molecular weight is 205 g/mol. The van der Waals surface area contributed by atoms with Gasteiger partial charge in [0.05, 0.1) is 0 Å². The third-order valence-corrected chi connectivity index (χ3v) is 1.82. The van der Waals surface area contributed by atoms with Crippen LogP contribution in [-0.2, 0) is 9.59 Å². The maximum Gasteiger partial charge on any atom is 0.243 e. The van der Waals surface area contributed by atoms with E-state index in [4.69, 9.17) is 0 Å². The van der Waals surface area contributed by atoms with Crippen LogP contribution in [0.25, 0.3) is 0 Å². The van der Waals surface area contributed by atoms with Gasteiger partial charge in [-0.15, -0.1) is 4.91 Å². The summed E-state index contributed by atoms with van der Waals surface area (Å²) in [5, 5.41) is 4.76. The first-order valence-electron chi connectivity index (χ1n) is 3.55. The molecule has 13 heavy (non-hydrogen) atoms. The molecule has 0 aromatic heterocycles. The van der Waals surface area contributed by atoms with Crippen LogP contribution in [0.5, 0.6) is 0 Å². The third-order valence-electron chi connectivity index (χ3n) is 1.23. The van der Waals surface area contributed by atoms with E-state index in [0.717, 1.165) is 0 Å². The topological polar surface area (TPSA) is 87.6 Å². The zero-order chi connectivity index (χ0) is 10.3.